The summed E-state index contributed by atoms with van der Waals surface area (Å²) in [6, 6.07) is 16.4. The highest BCUT2D eigenvalue weighted by molar-refractivity contribution is 6.01. The Morgan fingerprint density at radius 2 is 1.81 bits per heavy atom. The van der Waals surface area contributed by atoms with Gasteiger partial charge in [0.1, 0.15) is 36.2 Å². The standard InChI is InChI=1S/C27H27FN2O6/c1-32-27(31)20-13-14-29-24(16-20)25(30-36-26-4-2-3-15-33-26)18-35-23-11-9-22(10-12-23)34-17-19-5-7-21(28)8-6-19/h5-14,16,26H,2-4,15,17-18H2,1H3/b30-25+. The predicted octanol–water partition coefficient (Wildman–Crippen LogP) is 4.91. The number of carbonyl (C=O) groups excluding carboxylic acids is 1. The van der Waals surface area contributed by atoms with E-state index in [-0.39, 0.29) is 12.4 Å². The van der Waals surface area contributed by atoms with Gasteiger partial charge in [-0.3, -0.25) is 4.98 Å². The van der Waals surface area contributed by atoms with Crippen LogP contribution in [0.4, 0.5) is 4.39 Å². The van der Waals surface area contributed by atoms with Crippen LogP contribution in [0.5, 0.6) is 11.5 Å². The van der Waals surface area contributed by atoms with Gasteiger partial charge >= 0.3 is 5.97 Å². The van der Waals surface area contributed by atoms with Crippen LogP contribution in [0.3, 0.4) is 0 Å². The number of ether oxygens (including phenoxy) is 4. The molecule has 0 saturated carbocycles. The highest BCUT2D eigenvalue weighted by atomic mass is 19.1. The summed E-state index contributed by atoms with van der Waals surface area (Å²) in [5.74, 6) is 0.458. The van der Waals surface area contributed by atoms with Gasteiger partial charge in [-0.25, -0.2) is 9.18 Å². The fourth-order valence-corrected chi connectivity index (χ4v) is 3.43. The molecule has 1 aliphatic heterocycles. The third-order valence-corrected chi connectivity index (χ3v) is 5.41. The largest absolute Gasteiger partial charge is 0.489 e. The smallest absolute Gasteiger partial charge is 0.337 e. The number of esters is 1. The van der Waals surface area contributed by atoms with Gasteiger partial charge in [0, 0.05) is 12.6 Å². The highest BCUT2D eigenvalue weighted by Crippen LogP contribution is 2.20. The van der Waals surface area contributed by atoms with Gasteiger partial charge in [-0.15, -0.1) is 0 Å². The van der Waals surface area contributed by atoms with E-state index in [1.54, 1.807) is 48.5 Å². The summed E-state index contributed by atoms with van der Waals surface area (Å²) in [6.07, 6.45) is 3.80. The Balaban J connectivity index is 1.41. The molecule has 3 aromatic rings. The summed E-state index contributed by atoms with van der Waals surface area (Å²) in [4.78, 5) is 21.9. The molecule has 1 aromatic heterocycles. The quantitative estimate of drug-likeness (QED) is 0.225. The maximum atomic E-state index is 13.0. The van der Waals surface area contributed by atoms with Crippen LogP contribution in [-0.4, -0.2) is 43.3 Å². The van der Waals surface area contributed by atoms with E-state index in [9.17, 15) is 9.18 Å². The lowest BCUT2D eigenvalue weighted by Gasteiger charge is -2.20. The van der Waals surface area contributed by atoms with E-state index in [0.29, 0.717) is 41.7 Å². The van der Waals surface area contributed by atoms with E-state index in [4.69, 9.17) is 23.8 Å². The first-order valence-corrected chi connectivity index (χ1v) is 11.6. The van der Waals surface area contributed by atoms with Crippen molar-refractivity contribution in [3.05, 3.63) is 89.5 Å². The molecule has 0 radical (unpaired) electrons. The van der Waals surface area contributed by atoms with Crippen molar-refractivity contribution in [2.24, 2.45) is 5.16 Å². The SMILES string of the molecule is COC(=O)c1ccnc(/C(COc2ccc(OCc3ccc(F)cc3)cc2)=N/OC2CCCCO2)c1. The van der Waals surface area contributed by atoms with Crippen LogP contribution in [0.15, 0.2) is 72.0 Å². The molecule has 2 aromatic carbocycles. The van der Waals surface area contributed by atoms with Crippen LogP contribution in [0, 0.1) is 5.82 Å². The van der Waals surface area contributed by atoms with Crippen molar-refractivity contribution in [2.75, 3.05) is 20.3 Å². The Morgan fingerprint density at radius 3 is 2.50 bits per heavy atom. The number of carbonyl (C=O) groups is 1. The predicted molar refractivity (Wildman–Crippen MR) is 129 cm³/mol. The molecule has 0 amide bonds. The molecular weight excluding hydrogens is 467 g/mol. The van der Waals surface area contributed by atoms with E-state index in [1.807, 2.05) is 0 Å². The van der Waals surface area contributed by atoms with Crippen molar-refractivity contribution in [3.63, 3.8) is 0 Å². The van der Waals surface area contributed by atoms with E-state index >= 15 is 0 Å². The van der Waals surface area contributed by atoms with Crippen LogP contribution in [0.25, 0.3) is 0 Å². The number of hydrogen-bond acceptors (Lipinski definition) is 8. The fraction of sp³-hybridized carbons (Fsp3) is 0.296. The van der Waals surface area contributed by atoms with Gasteiger partial charge in [-0.2, -0.15) is 0 Å². The number of benzene rings is 2. The summed E-state index contributed by atoms with van der Waals surface area (Å²) in [5.41, 5.74) is 2.02. The van der Waals surface area contributed by atoms with Gasteiger partial charge in [0.05, 0.1) is 25.0 Å². The average Bonchev–Trinajstić information content (AvgIpc) is 2.93. The minimum Gasteiger partial charge on any atom is -0.489 e. The molecule has 8 nitrogen and oxygen atoms in total. The number of methoxy groups -OCH3 is 1. The lowest BCUT2D eigenvalue weighted by molar-refractivity contribution is -0.162. The number of halogens is 1. The molecule has 0 spiro atoms. The Bertz CT molecular complexity index is 1160. The molecule has 1 saturated heterocycles. The topological polar surface area (TPSA) is 88.5 Å². The summed E-state index contributed by atoms with van der Waals surface area (Å²) >= 11 is 0. The molecule has 0 N–H and O–H groups in total. The second-order valence-electron chi connectivity index (χ2n) is 8.04. The van der Waals surface area contributed by atoms with Gasteiger partial charge in [0.25, 0.3) is 0 Å². The molecular formula is C27H27FN2O6. The molecule has 0 aliphatic carbocycles. The van der Waals surface area contributed by atoms with E-state index < -0.39 is 12.3 Å². The fourth-order valence-electron chi connectivity index (χ4n) is 3.43. The van der Waals surface area contributed by atoms with E-state index in [1.165, 1.54) is 25.4 Å². The average molecular weight is 495 g/mol. The monoisotopic (exact) mass is 494 g/mol. The van der Waals surface area contributed by atoms with E-state index in [0.717, 1.165) is 24.8 Å². The van der Waals surface area contributed by atoms with Gasteiger partial charge in [0.2, 0.25) is 6.29 Å². The molecule has 1 atom stereocenters. The van der Waals surface area contributed by atoms with Gasteiger partial charge in [-0.1, -0.05) is 17.3 Å². The number of aromatic nitrogens is 1. The lowest BCUT2D eigenvalue weighted by Crippen LogP contribution is -2.22. The van der Waals surface area contributed by atoms with Crippen molar-refractivity contribution in [2.45, 2.75) is 32.2 Å². The summed E-state index contributed by atoms with van der Waals surface area (Å²) in [7, 11) is 1.32. The zero-order valence-electron chi connectivity index (χ0n) is 19.9. The molecule has 36 heavy (non-hydrogen) atoms. The van der Waals surface area contributed by atoms with Crippen molar-refractivity contribution in [1.29, 1.82) is 0 Å². The lowest BCUT2D eigenvalue weighted by atomic mass is 10.2. The second-order valence-corrected chi connectivity index (χ2v) is 8.04. The van der Waals surface area contributed by atoms with E-state index in [2.05, 4.69) is 10.1 Å². The Labute approximate surface area is 208 Å². The van der Waals surface area contributed by atoms with Crippen molar-refractivity contribution in [3.8, 4) is 11.5 Å². The number of rotatable bonds is 10. The van der Waals surface area contributed by atoms with Gasteiger partial charge < -0.3 is 23.8 Å². The van der Waals surface area contributed by atoms with Crippen LogP contribution in [0.1, 0.15) is 40.9 Å². The normalized spacial score (nSPS) is 15.7. The maximum absolute atomic E-state index is 13.0. The third kappa shape index (κ3) is 7.26. The Kier molecular flexibility index (Phi) is 8.82. The molecule has 9 heteroatoms. The van der Waals surface area contributed by atoms with Crippen LogP contribution in [0.2, 0.25) is 0 Å². The molecule has 188 valence electrons. The first-order chi connectivity index (χ1) is 17.6. The number of pyridine rings is 1. The molecule has 0 bridgehead atoms. The van der Waals surface area contributed by atoms with Crippen LogP contribution < -0.4 is 9.47 Å². The van der Waals surface area contributed by atoms with Crippen molar-refractivity contribution >= 4 is 11.7 Å². The molecule has 2 heterocycles. The Morgan fingerprint density at radius 1 is 1.06 bits per heavy atom. The summed E-state index contributed by atoms with van der Waals surface area (Å²) < 4.78 is 35.1. The maximum Gasteiger partial charge on any atom is 0.337 e. The van der Waals surface area contributed by atoms with Crippen molar-refractivity contribution in [1.82, 2.24) is 4.98 Å². The number of hydrogen-bond donors (Lipinski definition) is 0. The highest BCUT2D eigenvalue weighted by Gasteiger charge is 2.17. The molecule has 4 rings (SSSR count). The zero-order valence-corrected chi connectivity index (χ0v) is 19.9. The molecule has 1 unspecified atom stereocenters. The zero-order chi connectivity index (χ0) is 25.2. The summed E-state index contributed by atoms with van der Waals surface area (Å²) in [5, 5.41) is 4.25. The third-order valence-electron chi connectivity index (χ3n) is 5.41. The Hall–Kier alpha value is -3.98. The van der Waals surface area contributed by atoms with Gasteiger partial charge in [-0.05, 0) is 66.9 Å². The second kappa shape index (κ2) is 12.6. The first-order valence-electron chi connectivity index (χ1n) is 11.6. The van der Waals surface area contributed by atoms with Gasteiger partial charge in [0.15, 0.2) is 0 Å². The van der Waals surface area contributed by atoms with Crippen LogP contribution >= 0.6 is 0 Å². The number of oxime groups is 1. The summed E-state index contributed by atoms with van der Waals surface area (Å²) in [6.45, 7) is 0.984. The minimum atomic E-state index is -0.480. The molecule has 1 aliphatic rings. The van der Waals surface area contributed by atoms with Crippen LogP contribution in [-0.2, 0) is 20.9 Å². The first kappa shape index (κ1) is 25.1. The van der Waals surface area contributed by atoms with Crippen molar-refractivity contribution < 1.29 is 33.0 Å². The molecule has 1 fully saturated rings. The number of nitrogens with zero attached hydrogens (tertiary/aromatic N) is 2. The minimum absolute atomic E-state index is 0.0418.